The Hall–Kier alpha value is -1.10. The highest BCUT2D eigenvalue weighted by Gasteiger charge is 2.24. The number of aromatic amines is 1. The number of hydrogen-bond acceptors (Lipinski definition) is 4. The Bertz CT molecular complexity index is 376. The summed E-state index contributed by atoms with van der Waals surface area (Å²) in [4.78, 5) is 6.92. The quantitative estimate of drug-likeness (QED) is 0.859. The van der Waals surface area contributed by atoms with Crippen LogP contribution in [0.15, 0.2) is 0 Å². The largest absolute Gasteiger partial charge is 0.336 e. The summed E-state index contributed by atoms with van der Waals surface area (Å²) in [6.07, 6.45) is 0. The molecule has 0 radical (unpaired) electrons. The summed E-state index contributed by atoms with van der Waals surface area (Å²) in [7, 11) is 0. The van der Waals surface area contributed by atoms with Crippen LogP contribution in [-0.4, -0.2) is 40.4 Å². The van der Waals surface area contributed by atoms with Gasteiger partial charge in [0, 0.05) is 31.1 Å². The van der Waals surface area contributed by atoms with E-state index in [0.29, 0.717) is 23.9 Å². The highest BCUT2D eigenvalue weighted by molar-refractivity contribution is 5.31. The van der Waals surface area contributed by atoms with Crippen molar-refractivity contribution >= 4 is 5.95 Å². The fourth-order valence-electron chi connectivity index (χ4n) is 2.42. The van der Waals surface area contributed by atoms with Gasteiger partial charge < -0.3 is 10.2 Å². The maximum atomic E-state index is 4.66. The molecular formula is C13H25N5. The SMILES string of the molecule is CC1CN(c2n[nH]c(C(C)C(C)C)n2)CC(C)N1. The number of rotatable bonds is 3. The molecule has 1 aromatic rings. The van der Waals surface area contributed by atoms with E-state index >= 15 is 0 Å². The van der Waals surface area contributed by atoms with E-state index < -0.39 is 0 Å². The molecule has 2 rings (SSSR count). The van der Waals surface area contributed by atoms with Gasteiger partial charge in [0.05, 0.1) is 0 Å². The normalized spacial score (nSPS) is 26.7. The third-order valence-electron chi connectivity index (χ3n) is 3.76. The third-order valence-corrected chi connectivity index (χ3v) is 3.76. The fraction of sp³-hybridized carbons (Fsp3) is 0.846. The van der Waals surface area contributed by atoms with Crippen LogP contribution in [0.4, 0.5) is 5.95 Å². The van der Waals surface area contributed by atoms with Gasteiger partial charge in [-0.05, 0) is 19.8 Å². The Morgan fingerprint density at radius 1 is 1.17 bits per heavy atom. The fourth-order valence-corrected chi connectivity index (χ4v) is 2.42. The number of aromatic nitrogens is 3. The molecule has 0 saturated carbocycles. The Morgan fingerprint density at radius 2 is 1.78 bits per heavy atom. The predicted octanol–water partition coefficient (Wildman–Crippen LogP) is 1.75. The molecule has 0 aromatic carbocycles. The second-order valence-electron chi connectivity index (χ2n) is 5.93. The molecule has 1 aromatic heterocycles. The summed E-state index contributed by atoms with van der Waals surface area (Å²) in [5, 5.41) is 11.0. The van der Waals surface area contributed by atoms with Gasteiger partial charge in [-0.25, -0.2) is 0 Å². The van der Waals surface area contributed by atoms with E-state index in [4.69, 9.17) is 0 Å². The molecule has 1 fully saturated rings. The van der Waals surface area contributed by atoms with Crippen molar-refractivity contribution in [3.05, 3.63) is 5.82 Å². The minimum absolute atomic E-state index is 0.420. The number of anilines is 1. The van der Waals surface area contributed by atoms with E-state index in [1.165, 1.54) is 0 Å². The molecule has 3 atom stereocenters. The highest BCUT2D eigenvalue weighted by atomic mass is 15.4. The van der Waals surface area contributed by atoms with Crippen molar-refractivity contribution in [2.45, 2.75) is 52.6 Å². The molecule has 0 amide bonds. The Labute approximate surface area is 109 Å². The van der Waals surface area contributed by atoms with Crippen LogP contribution >= 0.6 is 0 Å². The van der Waals surface area contributed by atoms with Crippen LogP contribution in [0, 0.1) is 5.92 Å². The lowest BCUT2D eigenvalue weighted by Gasteiger charge is -2.35. The van der Waals surface area contributed by atoms with Crippen molar-refractivity contribution in [1.29, 1.82) is 0 Å². The molecule has 3 unspecified atom stereocenters. The monoisotopic (exact) mass is 251 g/mol. The third kappa shape index (κ3) is 2.83. The van der Waals surface area contributed by atoms with Crippen molar-refractivity contribution in [1.82, 2.24) is 20.5 Å². The zero-order valence-corrected chi connectivity index (χ0v) is 12.1. The zero-order chi connectivity index (χ0) is 13.3. The van der Waals surface area contributed by atoms with Crippen LogP contribution in [0.25, 0.3) is 0 Å². The smallest absolute Gasteiger partial charge is 0.244 e. The summed E-state index contributed by atoms with van der Waals surface area (Å²) in [6.45, 7) is 13.0. The molecule has 0 bridgehead atoms. The minimum Gasteiger partial charge on any atom is -0.336 e. The molecular weight excluding hydrogens is 226 g/mol. The number of piperazine rings is 1. The van der Waals surface area contributed by atoms with E-state index in [1.54, 1.807) is 0 Å². The first-order chi connectivity index (χ1) is 8.47. The van der Waals surface area contributed by atoms with E-state index in [9.17, 15) is 0 Å². The van der Waals surface area contributed by atoms with E-state index in [1.807, 2.05) is 0 Å². The Morgan fingerprint density at radius 3 is 2.33 bits per heavy atom. The highest BCUT2D eigenvalue weighted by Crippen LogP contribution is 2.22. The van der Waals surface area contributed by atoms with Crippen molar-refractivity contribution in [2.24, 2.45) is 5.92 Å². The summed E-state index contributed by atoms with van der Waals surface area (Å²) < 4.78 is 0. The van der Waals surface area contributed by atoms with Crippen LogP contribution in [0.2, 0.25) is 0 Å². The van der Waals surface area contributed by atoms with E-state index in [0.717, 1.165) is 24.9 Å². The van der Waals surface area contributed by atoms with E-state index in [2.05, 4.69) is 60.0 Å². The van der Waals surface area contributed by atoms with Crippen molar-refractivity contribution in [2.75, 3.05) is 18.0 Å². The Kier molecular flexibility index (Phi) is 3.90. The molecule has 5 heteroatoms. The first-order valence-corrected chi connectivity index (χ1v) is 6.90. The number of H-pyrrole nitrogens is 1. The van der Waals surface area contributed by atoms with Gasteiger partial charge in [0.25, 0.3) is 0 Å². The van der Waals surface area contributed by atoms with Gasteiger partial charge in [0.2, 0.25) is 5.95 Å². The second-order valence-corrected chi connectivity index (χ2v) is 5.93. The van der Waals surface area contributed by atoms with Crippen LogP contribution in [-0.2, 0) is 0 Å². The van der Waals surface area contributed by atoms with Gasteiger partial charge in [-0.1, -0.05) is 20.8 Å². The van der Waals surface area contributed by atoms with Crippen LogP contribution < -0.4 is 10.2 Å². The van der Waals surface area contributed by atoms with Gasteiger partial charge in [-0.3, -0.25) is 5.10 Å². The molecule has 1 saturated heterocycles. The maximum absolute atomic E-state index is 4.66. The zero-order valence-electron chi connectivity index (χ0n) is 12.1. The first-order valence-electron chi connectivity index (χ1n) is 6.90. The van der Waals surface area contributed by atoms with Gasteiger partial charge in [0.1, 0.15) is 5.82 Å². The topological polar surface area (TPSA) is 56.8 Å². The van der Waals surface area contributed by atoms with Crippen LogP contribution in [0.5, 0.6) is 0 Å². The lowest BCUT2D eigenvalue weighted by Crippen LogP contribution is -2.54. The maximum Gasteiger partial charge on any atom is 0.244 e. The summed E-state index contributed by atoms with van der Waals surface area (Å²) >= 11 is 0. The molecule has 2 heterocycles. The lowest BCUT2D eigenvalue weighted by molar-refractivity contribution is 0.403. The minimum atomic E-state index is 0.420. The molecule has 102 valence electrons. The molecule has 0 aliphatic carbocycles. The average molecular weight is 251 g/mol. The van der Waals surface area contributed by atoms with Crippen molar-refractivity contribution in [3.8, 4) is 0 Å². The van der Waals surface area contributed by atoms with Gasteiger partial charge in [-0.2, -0.15) is 4.98 Å². The lowest BCUT2D eigenvalue weighted by atomic mass is 9.98. The summed E-state index contributed by atoms with van der Waals surface area (Å²) in [6, 6.07) is 0.969. The summed E-state index contributed by atoms with van der Waals surface area (Å²) in [5.41, 5.74) is 0. The summed E-state index contributed by atoms with van der Waals surface area (Å²) in [5.74, 6) is 2.84. The van der Waals surface area contributed by atoms with Crippen LogP contribution in [0.1, 0.15) is 46.4 Å². The Balaban J connectivity index is 2.09. The van der Waals surface area contributed by atoms with E-state index in [-0.39, 0.29) is 0 Å². The number of hydrogen-bond donors (Lipinski definition) is 2. The molecule has 1 aliphatic heterocycles. The van der Waals surface area contributed by atoms with Crippen LogP contribution in [0.3, 0.4) is 0 Å². The average Bonchev–Trinajstić information content (AvgIpc) is 2.75. The molecule has 2 N–H and O–H groups in total. The number of nitrogens with one attached hydrogen (secondary N) is 2. The van der Waals surface area contributed by atoms with Crippen molar-refractivity contribution in [3.63, 3.8) is 0 Å². The van der Waals surface area contributed by atoms with Crippen molar-refractivity contribution < 1.29 is 0 Å². The van der Waals surface area contributed by atoms with Gasteiger partial charge >= 0.3 is 0 Å². The predicted molar refractivity (Wildman–Crippen MR) is 73.9 cm³/mol. The molecule has 1 aliphatic rings. The second kappa shape index (κ2) is 5.26. The standard InChI is InChI=1S/C13H25N5/c1-8(2)11(5)12-15-13(17-16-12)18-6-9(3)14-10(4)7-18/h8-11,14H,6-7H2,1-5H3,(H,15,16,17). The first kappa shape index (κ1) is 13.3. The van der Waals surface area contributed by atoms with Gasteiger partial charge in [-0.15, -0.1) is 5.10 Å². The molecule has 0 spiro atoms. The number of nitrogens with zero attached hydrogens (tertiary/aromatic N) is 3. The molecule has 5 nitrogen and oxygen atoms in total. The molecule has 18 heavy (non-hydrogen) atoms. The van der Waals surface area contributed by atoms with Gasteiger partial charge in [0.15, 0.2) is 0 Å².